The Bertz CT molecular complexity index is 853. The van der Waals surface area contributed by atoms with Crippen molar-refractivity contribution < 1.29 is 9.53 Å². The second-order valence-electron chi connectivity index (χ2n) is 4.77. The van der Waals surface area contributed by atoms with Crippen LogP contribution in [0.5, 0.6) is 5.75 Å². The first-order valence-electron chi connectivity index (χ1n) is 6.95. The number of anilines is 1. The maximum absolute atomic E-state index is 12.1. The molecule has 3 rings (SSSR count). The molecular formula is C16H12Cl2N4O2. The fourth-order valence-electron chi connectivity index (χ4n) is 2.03. The summed E-state index contributed by atoms with van der Waals surface area (Å²) in [5.74, 6) is 0.0642. The number of halogens is 2. The monoisotopic (exact) mass is 362 g/mol. The number of nitrogens with one attached hydrogen (secondary N) is 1. The minimum atomic E-state index is -0.325. The smallest absolute Gasteiger partial charge is 0.262 e. The van der Waals surface area contributed by atoms with E-state index in [2.05, 4.69) is 15.4 Å². The number of hydrogen-bond donors (Lipinski definition) is 1. The summed E-state index contributed by atoms with van der Waals surface area (Å²) < 4.78 is 6.98. The summed E-state index contributed by atoms with van der Waals surface area (Å²) in [5, 5.41) is 7.68. The van der Waals surface area contributed by atoms with Crippen molar-refractivity contribution in [2.24, 2.45) is 0 Å². The van der Waals surface area contributed by atoms with Gasteiger partial charge in [0.15, 0.2) is 6.61 Å². The molecule has 1 aromatic heterocycles. The third-order valence-electron chi connectivity index (χ3n) is 3.10. The van der Waals surface area contributed by atoms with Crippen molar-refractivity contribution in [1.29, 1.82) is 0 Å². The summed E-state index contributed by atoms with van der Waals surface area (Å²) in [5.41, 5.74) is 1.30. The van der Waals surface area contributed by atoms with E-state index in [1.54, 1.807) is 35.3 Å². The zero-order chi connectivity index (χ0) is 16.9. The lowest BCUT2D eigenvalue weighted by Crippen LogP contribution is -2.21. The van der Waals surface area contributed by atoms with Crippen LogP contribution < -0.4 is 10.1 Å². The number of rotatable bonds is 5. The molecule has 0 saturated heterocycles. The van der Waals surface area contributed by atoms with E-state index in [0.29, 0.717) is 27.2 Å². The maximum Gasteiger partial charge on any atom is 0.262 e. The standard InChI is InChI=1S/C16H12Cl2N4O2/c17-11-5-6-15(12(18)7-11)24-8-16(23)21-13-3-1-2-4-14(13)22-10-19-9-20-22/h1-7,9-10H,8H2,(H,21,23). The number of nitrogens with zero attached hydrogens (tertiary/aromatic N) is 3. The lowest BCUT2D eigenvalue weighted by Gasteiger charge is -2.12. The van der Waals surface area contributed by atoms with E-state index >= 15 is 0 Å². The van der Waals surface area contributed by atoms with E-state index in [-0.39, 0.29) is 12.5 Å². The lowest BCUT2D eigenvalue weighted by molar-refractivity contribution is -0.118. The zero-order valence-corrected chi connectivity index (χ0v) is 13.8. The topological polar surface area (TPSA) is 69.0 Å². The predicted molar refractivity (Wildman–Crippen MR) is 91.9 cm³/mol. The molecule has 2 aromatic carbocycles. The molecule has 1 amide bonds. The SMILES string of the molecule is O=C(COc1ccc(Cl)cc1Cl)Nc1ccccc1-n1cncn1. The van der Waals surface area contributed by atoms with Crippen molar-refractivity contribution in [1.82, 2.24) is 14.8 Å². The molecule has 24 heavy (non-hydrogen) atoms. The van der Waals surface area contributed by atoms with Crippen LogP contribution in [0.2, 0.25) is 10.0 Å². The van der Waals surface area contributed by atoms with Crippen molar-refractivity contribution in [3.63, 3.8) is 0 Å². The third kappa shape index (κ3) is 3.84. The van der Waals surface area contributed by atoms with Crippen LogP contribution >= 0.6 is 23.2 Å². The molecule has 0 radical (unpaired) electrons. The first-order chi connectivity index (χ1) is 11.6. The maximum atomic E-state index is 12.1. The van der Waals surface area contributed by atoms with Crippen molar-refractivity contribution in [3.8, 4) is 11.4 Å². The number of amides is 1. The molecule has 0 bridgehead atoms. The fourth-order valence-corrected chi connectivity index (χ4v) is 2.50. The molecule has 0 aliphatic carbocycles. The Morgan fingerprint density at radius 2 is 2.04 bits per heavy atom. The predicted octanol–water partition coefficient (Wildman–Crippen LogP) is 3.59. The molecule has 0 atom stereocenters. The lowest BCUT2D eigenvalue weighted by atomic mass is 10.2. The van der Waals surface area contributed by atoms with Gasteiger partial charge in [0.25, 0.3) is 5.91 Å². The first kappa shape index (κ1) is 16.3. The van der Waals surface area contributed by atoms with Crippen LogP contribution in [0.1, 0.15) is 0 Å². The number of benzene rings is 2. The van der Waals surface area contributed by atoms with E-state index < -0.39 is 0 Å². The third-order valence-corrected chi connectivity index (χ3v) is 3.63. The molecule has 0 aliphatic rings. The van der Waals surface area contributed by atoms with Gasteiger partial charge >= 0.3 is 0 Å². The highest BCUT2D eigenvalue weighted by Gasteiger charge is 2.10. The molecule has 8 heteroatoms. The first-order valence-corrected chi connectivity index (χ1v) is 7.71. The molecule has 1 N–H and O–H groups in total. The Balaban J connectivity index is 1.67. The normalized spacial score (nSPS) is 10.4. The molecule has 0 saturated carbocycles. The van der Waals surface area contributed by atoms with E-state index in [1.165, 1.54) is 6.33 Å². The zero-order valence-electron chi connectivity index (χ0n) is 12.3. The largest absolute Gasteiger partial charge is 0.482 e. The Morgan fingerprint density at radius 3 is 2.79 bits per heavy atom. The molecule has 3 aromatic rings. The van der Waals surface area contributed by atoms with E-state index in [4.69, 9.17) is 27.9 Å². The van der Waals surface area contributed by atoms with Crippen molar-refractivity contribution in [3.05, 3.63) is 65.2 Å². The molecule has 6 nitrogen and oxygen atoms in total. The van der Waals surface area contributed by atoms with Crippen molar-refractivity contribution in [2.45, 2.75) is 0 Å². The number of para-hydroxylation sites is 2. The van der Waals surface area contributed by atoms with Crippen LogP contribution in [-0.4, -0.2) is 27.3 Å². The second kappa shape index (κ2) is 7.33. The quantitative estimate of drug-likeness (QED) is 0.752. The molecule has 1 heterocycles. The highest BCUT2D eigenvalue weighted by atomic mass is 35.5. The molecule has 0 aliphatic heterocycles. The van der Waals surface area contributed by atoms with Crippen molar-refractivity contribution >= 4 is 34.8 Å². The molecule has 122 valence electrons. The van der Waals surface area contributed by atoms with Crippen LogP contribution in [0.3, 0.4) is 0 Å². The summed E-state index contributed by atoms with van der Waals surface area (Å²) in [6, 6.07) is 12.0. The van der Waals surface area contributed by atoms with Crippen LogP contribution in [0, 0.1) is 0 Å². The van der Waals surface area contributed by atoms with Gasteiger partial charge in [0.2, 0.25) is 0 Å². The Morgan fingerprint density at radius 1 is 1.21 bits per heavy atom. The van der Waals surface area contributed by atoms with Gasteiger partial charge in [-0.2, -0.15) is 5.10 Å². The van der Waals surface area contributed by atoms with Crippen molar-refractivity contribution in [2.75, 3.05) is 11.9 Å². The van der Waals surface area contributed by atoms with Gasteiger partial charge in [-0.1, -0.05) is 35.3 Å². The van der Waals surface area contributed by atoms with Gasteiger partial charge in [-0.3, -0.25) is 4.79 Å². The minimum absolute atomic E-state index is 0.187. The molecule has 0 fully saturated rings. The molecule has 0 spiro atoms. The highest BCUT2D eigenvalue weighted by molar-refractivity contribution is 6.35. The highest BCUT2D eigenvalue weighted by Crippen LogP contribution is 2.27. The van der Waals surface area contributed by atoms with Crippen LogP contribution in [0.4, 0.5) is 5.69 Å². The van der Waals surface area contributed by atoms with Gasteiger partial charge in [-0.25, -0.2) is 9.67 Å². The summed E-state index contributed by atoms with van der Waals surface area (Å²) in [7, 11) is 0. The van der Waals surface area contributed by atoms with Crippen LogP contribution in [0.25, 0.3) is 5.69 Å². The van der Waals surface area contributed by atoms with Crippen LogP contribution in [0.15, 0.2) is 55.1 Å². The van der Waals surface area contributed by atoms with Gasteiger partial charge in [0, 0.05) is 5.02 Å². The summed E-state index contributed by atoms with van der Waals surface area (Å²) >= 11 is 11.8. The van der Waals surface area contributed by atoms with Crippen LogP contribution in [-0.2, 0) is 4.79 Å². The van der Waals surface area contributed by atoms with E-state index in [0.717, 1.165) is 0 Å². The van der Waals surface area contributed by atoms with Gasteiger partial charge in [-0.05, 0) is 30.3 Å². The van der Waals surface area contributed by atoms with E-state index in [9.17, 15) is 4.79 Å². The molecular weight excluding hydrogens is 351 g/mol. The Hall–Kier alpha value is -2.57. The van der Waals surface area contributed by atoms with Gasteiger partial charge in [0.1, 0.15) is 18.4 Å². The fraction of sp³-hybridized carbons (Fsp3) is 0.0625. The number of carbonyl (C=O) groups is 1. The van der Waals surface area contributed by atoms with Gasteiger partial charge in [0.05, 0.1) is 16.4 Å². The summed E-state index contributed by atoms with van der Waals surface area (Å²) in [4.78, 5) is 16.0. The number of carbonyl (C=O) groups excluding carboxylic acids is 1. The van der Waals surface area contributed by atoms with E-state index in [1.807, 2.05) is 18.2 Å². The number of aromatic nitrogens is 3. The Kier molecular flexibility index (Phi) is 4.98. The van der Waals surface area contributed by atoms with Gasteiger partial charge in [-0.15, -0.1) is 0 Å². The average molecular weight is 363 g/mol. The summed E-state index contributed by atoms with van der Waals surface area (Å²) in [6.07, 6.45) is 2.97. The summed E-state index contributed by atoms with van der Waals surface area (Å²) in [6.45, 7) is -0.187. The number of ether oxygens (including phenoxy) is 1. The molecule has 0 unspecified atom stereocenters. The average Bonchev–Trinajstić information content (AvgIpc) is 3.09. The van der Waals surface area contributed by atoms with Gasteiger partial charge < -0.3 is 10.1 Å². The second-order valence-corrected chi connectivity index (χ2v) is 5.61. The number of hydrogen-bond acceptors (Lipinski definition) is 4. The minimum Gasteiger partial charge on any atom is -0.482 e. The Labute approximate surface area is 148 Å².